The van der Waals surface area contributed by atoms with Gasteiger partial charge in [0.15, 0.2) is 0 Å². The number of hydrogen-bond donors (Lipinski definition) is 1. The van der Waals surface area contributed by atoms with Gasteiger partial charge in [0.25, 0.3) is 0 Å². The van der Waals surface area contributed by atoms with Gasteiger partial charge in [-0.15, -0.1) is 11.8 Å². The van der Waals surface area contributed by atoms with Crippen LogP contribution in [-0.4, -0.2) is 17.0 Å². The molecule has 1 atom stereocenters. The Morgan fingerprint density at radius 1 is 0.950 bits per heavy atom. The highest BCUT2D eigenvalue weighted by atomic mass is 32.2. The van der Waals surface area contributed by atoms with Crippen molar-refractivity contribution in [3.8, 4) is 0 Å². The maximum Gasteiger partial charge on any atom is 0.0674 e. The van der Waals surface area contributed by atoms with E-state index in [1.54, 1.807) is 11.8 Å². The Kier molecular flexibility index (Phi) is 5.27. The highest BCUT2D eigenvalue weighted by Gasteiger charge is 2.08. The third kappa shape index (κ3) is 4.12. The molecule has 0 aliphatic carbocycles. The molecule has 2 rings (SSSR count). The fourth-order valence-electron chi connectivity index (χ4n) is 2.17. The Morgan fingerprint density at radius 3 is 2.40 bits per heavy atom. The molecule has 0 heterocycles. The van der Waals surface area contributed by atoms with Crippen molar-refractivity contribution >= 4 is 11.8 Å². The first-order chi connectivity index (χ1) is 9.56. The predicted molar refractivity (Wildman–Crippen MR) is 87.5 cm³/mol. The van der Waals surface area contributed by atoms with Gasteiger partial charge < -0.3 is 5.11 Å². The summed E-state index contributed by atoms with van der Waals surface area (Å²) < 4.78 is 0. The predicted octanol–water partition coefficient (Wildman–Crippen LogP) is 4.31. The summed E-state index contributed by atoms with van der Waals surface area (Å²) in [6.45, 7) is 6.34. The van der Waals surface area contributed by atoms with E-state index in [1.807, 2.05) is 12.1 Å². The Hall–Kier alpha value is -1.25. The Bertz CT molecular complexity index is 577. The molecule has 0 spiro atoms. The van der Waals surface area contributed by atoms with Gasteiger partial charge in [0.2, 0.25) is 0 Å². The molecule has 0 amide bonds. The lowest BCUT2D eigenvalue weighted by atomic mass is 10.0. The van der Waals surface area contributed by atoms with E-state index >= 15 is 0 Å². The van der Waals surface area contributed by atoms with Crippen LogP contribution < -0.4 is 0 Å². The van der Waals surface area contributed by atoms with Crippen LogP contribution in [0.5, 0.6) is 0 Å². The minimum atomic E-state index is -0.304. The van der Waals surface area contributed by atoms with Gasteiger partial charge in [-0.3, -0.25) is 0 Å². The SMILES string of the molecule is Cc1ccc(CC(O)CSc2ccccc2C)cc1C. The third-order valence-corrected chi connectivity index (χ3v) is 4.89. The van der Waals surface area contributed by atoms with E-state index in [0.29, 0.717) is 0 Å². The molecule has 0 saturated heterocycles. The molecule has 1 nitrogen and oxygen atoms in total. The van der Waals surface area contributed by atoms with E-state index < -0.39 is 0 Å². The largest absolute Gasteiger partial charge is 0.392 e. The van der Waals surface area contributed by atoms with Gasteiger partial charge in [0, 0.05) is 10.6 Å². The van der Waals surface area contributed by atoms with Gasteiger partial charge in [0.05, 0.1) is 6.10 Å². The monoisotopic (exact) mass is 286 g/mol. The molecule has 0 aliphatic heterocycles. The van der Waals surface area contributed by atoms with Crippen molar-refractivity contribution in [3.63, 3.8) is 0 Å². The molecule has 0 saturated carbocycles. The number of rotatable bonds is 5. The zero-order valence-corrected chi connectivity index (χ0v) is 13.2. The van der Waals surface area contributed by atoms with Crippen LogP contribution in [0.3, 0.4) is 0 Å². The van der Waals surface area contributed by atoms with Gasteiger partial charge in [-0.05, 0) is 55.5 Å². The first-order valence-electron chi connectivity index (χ1n) is 6.99. The molecule has 106 valence electrons. The number of aryl methyl sites for hydroxylation is 3. The Balaban J connectivity index is 1.91. The van der Waals surface area contributed by atoms with Crippen LogP contribution in [0.2, 0.25) is 0 Å². The summed E-state index contributed by atoms with van der Waals surface area (Å²) in [5, 5.41) is 10.2. The van der Waals surface area contributed by atoms with Crippen LogP contribution >= 0.6 is 11.8 Å². The van der Waals surface area contributed by atoms with Crippen molar-refractivity contribution in [2.24, 2.45) is 0 Å². The lowest BCUT2D eigenvalue weighted by molar-refractivity contribution is 0.200. The summed E-state index contributed by atoms with van der Waals surface area (Å²) in [6.07, 6.45) is 0.418. The number of hydrogen-bond acceptors (Lipinski definition) is 2. The van der Waals surface area contributed by atoms with Crippen LogP contribution in [0, 0.1) is 20.8 Å². The zero-order valence-electron chi connectivity index (χ0n) is 12.4. The van der Waals surface area contributed by atoms with Crippen molar-refractivity contribution in [2.75, 3.05) is 5.75 Å². The third-order valence-electron chi connectivity index (χ3n) is 3.57. The first kappa shape index (κ1) is 15.1. The fraction of sp³-hybridized carbons (Fsp3) is 0.333. The van der Waals surface area contributed by atoms with Crippen molar-refractivity contribution in [1.82, 2.24) is 0 Å². The quantitative estimate of drug-likeness (QED) is 0.827. The molecule has 0 bridgehead atoms. The molecule has 1 N–H and O–H groups in total. The summed E-state index contributed by atoms with van der Waals surface area (Å²) in [5.41, 5.74) is 5.08. The molecular weight excluding hydrogens is 264 g/mol. The summed E-state index contributed by atoms with van der Waals surface area (Å²) in [7, 11) is 0. The molecule has 1 unspecified atom stereocenters. The molecule has 0 aromatic heterocycles. The number of benzene rings is 2. The number of aliphatic hydroxyl groups is 1. The van der Waals surface area contributed by atoms with Crippen LogP contribution in [-0.2, 0) is 6.42 Å². The summed E-state index contributed by atoms with van der Waals surface area (Å²) >= 11 is 1.73. The zero-order chi connectivity index (χ0) is 14.5. The molecular formula is C18H22OS. The van der Waals surface area contributed by atoms with Gasteiger partial charge >= 0.3 is 0 Å². The molecule has 0 fully saturated rings. The van der Waals surface area contributed by atoms with E-state index in [1.165, 1.54) is 27.1 Å². The van der Waals surface area contributed by atoms with Crippen LogP contribution in [0.1, 0.15) is 22.3 Å². The van der Waals surface area contributed by atoms with Crippen molar-refractivity contribution in [3.05, 3.63) is 64.7 Å². The van der Waals surface area contributed by atoms with Crippen molar-refractivity contribution in [1.29, 1.82) is 0 Å². The summed E-state index contributed by atoms with van der Waals surface area (Å²) in [4.78, 5) is 1.26. The van der Waals surface area contributed by atoms with E-state index in [0.717, 1.165) is 12.2 Å². The van der Waals surface area contributed by atoms with Crippen LogP contribution in [0.4, 0.5) is 0 Å². The van der Waals surface area contributed by atoms with Crippen molar-refractivity contribution < 1.29 is 5.11 Å². The van der Waals surface area contributed by atoms with Gasteiger partial charge in [-0.25, -0.2) is 0 Å². The van der Waals surface area contributed by atoms with Crippen LogP contribution in [0.25, 0.3) is 0 Å². The fourth-order valence-corrected chi connectivity index (χ4v) is 3.13. The molecule has 2 aromatic rings. The van der Waals surface area contributed by atoms with Gasteiger partial charge in [0.1, 0.15) is 0 Å². The minimum absolute atomic E-state index is 0.304. The number of thioether (sulfide) groups is 1. The van der Waals surface area contributed by atoms with E-state index in [4.69, 9.17) is 0 Å². The second-order valence-corrected chi connectivity index (χ2v) is 6.41. The molecule has 0 radical (unpaired) electrons. The first-order valence-corrected chi connectivity index (χ1v) is 7.97. The molecule has 2 heteroatoms. The highest BCUT2D eigenvalue weighted by molar-refractivity contribution is 7.99. The average Bonchev–Trinajstić information content (AvgIpc) is 2.42. The normalized spacial score (nSPS) is 12.4. The van der Waals surface area contributed by atoms with Crippen LogP contribution in [0.15, 0.2) is 47.4 Å². The molecule has 0 aliphatic rings. The molecule has 2 aromatic carbocycles. The standard InChI is InChI=1S/C18H22OS/c1-13-8-9-16(10-15(13)3)11-17(19)12-20-18-7-5-4-6-14(18)2/h4-10,17,19H,11-12H2,1-3H3. The topological polar surface area (TPSA) is 20.2 Å². The number of aliphatic hydroxyl groups excluding tert-OH is 1. The average molecular weight is 286 g/mol. The summed E-state index contributed by atoms with van der Waals surface area (Å²) in [5.74, 6) is 0.734. The summed E-state index contributed by atoms with van der Waals surface area (Å²) in [6, 6.07) is 14.7. The van der Waals surface area contributed by atoms with E-state index in [-0.39, 0.29) is 6.10 Å². The Labute approximate surface area is 126 Å². The second-order valence-electron chi connectivity index (χ2n) is 5.35. The lowest BCUT2D eigenvalue weighted by Gasteiger charge is -2.12. The smallest absolute Gasteiger partial charge is 0.0674 e. The Morgan fingerprint density at radius 2 is 1.70 bits per heavy atom. The lowest BCUT2D eigenvalue weighted by Crippen LogP contribution is -2.13. The highest BCUT2D eigenvalue weighted by Crippen LogP contribution is 2.23. The minimum Gasteiger partial charge on any atom is -0.392 e. The second kappa shape index (κ2) is 6.96. The molecule has 20 heavy (non-hydrogen) atoms. The van der Waals surface area contributed by atoms with E-state index in [9.17, 15) is 5.11 Å². The maximum atomic E-state index is 10.2. The van der Waals surface area contributed by atoms with Gasteiger partial charge in [-0.2, -0.15) is 0 Å². The van der Waals surface area contributed by atoms with Gasteiger partial charge in [-0.1, -0.05) is 36.4 Å². The van der Waals surface area contributed by atoms with E-state index in [2.05, 4.69) is 51.1 Å². The maximum absolute atomic E-state index is 10.2. The van der Waals surface area contributed by atoms with Crippen molar-refractivity contribution in [2.45, 2.75) is 38.2 Å².